The number of aliphatic hydroxyl groups is 1. The van der Waals surface area contributed by atoms with Gasteiger partial charge in [0.1, 0.15) is 0 Å². The zero-order valence-electron chi connectivity index (χ0n) is 16.7. The monoisotopic (exact) mass is 383 g/mol. The number of nitrogens with one attached hydrogen (secondary N) is 1. The Labute approximate surface area is 168 Å². The maximum Gasteiger partial charge on any atom is 0.233 e. The van der Waals surface area contributed by atoms with Gasteiger partial charge in [0, 0.05) is 38.3 Å². The molecular weight excluding hydrogens is 350 g/mol. The van der Waals surface area contributed by atoms with E-state index in [1.165, 1.54) is 37.8 Å². The molecule has 0 aliphatic carbocycles. The van der Waals surface area contributed by atoms with E-state index < -0.39 is 5.41 Å². The summed E-state index contributed by atoms with van der Waals surface area (Å²) in [5, 5.41) is 13.1. The molecule has 5 rings (SSSR count). The fourth-order valence-electron chi connectivity index (χ4n) is 6.30. The molecule has 0 saturated carbocycles. The highest BCUT2D eigenvalue weighted by Crippen LogP contribution is 2.43. The number of carbonyl (C=O) groups is 1. The van der Waals surface area contributed by atoms with E-state index in [4.69, 9.17) is 0 Å². The third-order valence-electron chi connectivity index (χ3n) is 7.88. The van der Waals surface area contributed by atoms with Crippen LogP contribution >= 0.6 is 0 Å². The van der Waals surface area contributed by atoms with Crippen LogP contribution in [0.3, 0.4) is 0 Å². The Morgan fingerprint density at radius 3 is 2.64 bits per heavy atom. The molecule has 0 unspecified atom stereocenters. The smallest absolute Gasteiger partial charge is 0.233 e. The van der Waals surface area contributed by atoms with Gasteiger partial charge in [0.25, 0.3) is 0 Å². The van der Waals surface area contributed by atoms with Gasteiger partial charge >= 0.3 is 0 Å². The topological polar surface area (TPSA) is 55.8 Å². The maximum atomic E-state index is 13.3. The predicted octanol–water partition coefficient (Wildman–Crippen LogP) is 1.51. The van der Waals surface area contributed by atoms with Crippen molar-refractivity contribution in [1.29, 1.82) is 0 Å². The quantitative estimate of drug-likeness (QED) is 0.828. The normalized spacial score (nSPS) is 34.4. The highest BCUT2D eigenvalue weighted by molar-refractivity contribution is 5.84. The molecule has 5 nitrogen and oxygen atoms in total. The zero-order chi connectivity index (χ0) is 19.1. The van der Waals surface area contributed by atoms with E-state index in [2.05, 4.69) is 45.4 Å². The summed E-state index contributed by atoms with van der Waals surface area (Å²) in [5.41, 5.74) is 0.848. The highest BCUT2D eigenvalue weighted by Gasteiger charge is 2.52. The van der Waals surface area contributed by atoms with E-state index in [0.717, 1.165) is 19.5 Å². The van der Waals surface area contributed by atoms with Crippen LogP contribution in [-0.2, 0) is 11.2 Å². The summed E-state index contributed by atoms with van der Waals surface area (Å²) in [7, 11) is 0. The number of amides is 1. The van der Waals surface area contributed by atoms with Gasteiger partial charge in [-0.3, -0.25) is 9.69 Å². The Morgan fingerprint density at radius 1 is 1.14 bits per heavy atom. The molecule has 4 saturated heterocycles. The van der Waals surface area contributed by atoms with E-state index in [0.29, 0.717) is 37.0 Å². The Hall–Kier alpha value is -1.43. The van der Waals surface area contributed by atoms with E-state index in [1.807, 2.05) is 0 Å². The number of benzene rings is 1. The molecule has 28 heavy (non-hydrogen) atoms. The van der Waals surface area contributed by atoms with Crippen molar-refractivity contribution in [1.82, 2.24) is 15.1 Å². The number of fused-ring (bicyclic) bond motifs is 4. The Kier molecular flexibility index (Phi) is 4.93. The van der Waals surface area contributed by atoms with Crippen LogP contribution < -0.4 is 5.32 Å². The summed E-state index contributed by atoms with van der Waals surface area (Å²) in [4.78, 5) is 18.2. The number of piperidine rings is 3. The molecule has 4 heterocycles. The summed E-state index contributed by atoms with van der Waals surface area (Å²) >= 11 is 0. The van der Waals surface area contributed by atoms with Crippen LogP contribution in [0.5, 0.6) is 0 Å². The summed E-state index contributed by atoms with van der Waals surface area (Å²) in [6.45, 7) is 4.17. The number of carbonyl (C=O) groups excluding carboxylic acids is 1. The molecule has 152 valence electrons. The standard InChI is InChI=1S/C23H33N3O2/c27-16-23(14-24-15-23)22(28)25-12-18-11-19(13-25)21(10-17-6-2-1-3-7-17)26-9-5-4-8-20(18)26/h1-3,6-7,18-21,24,27H,4-5,8-16H2/t18-,19+,20+,21+/m1/s1. The summed E-state index contributed by atoms with van der Waals surface area (Å²) in [6.07, 6.45) is 6.25. The minimum absolute atomic E-state index is 0.0341. The Balaban J connectivity index is 1.40. The molecule has 2 N–H and O–H groups in total. The van der Waals surface area contributed by atoms with Gasteiger partial charge < -0.3 is 15.3 Å². The van der Waals surface area contributed by atoms with Crippen molar-refractivity contribution in [2.24, 2.45) is 17.3 Å². The van der Waals surface area contributed by atoms with Crippen molar-refractivity contribution in [3.63, 3.8) is 0 Å². The molecule has 1 aromatic rings. The largest absolute Gasteiger partial charge is 0.395 e. The first-order valence-electron chi connectivity index (χ1n) is 11.1. The molecule has 4 aliphatic heterocycles. The van der Waals surface area contributed by atoms with Crippen molar-refractivity contribution in [3.05, 3.63) is 35.9 Å². The molecule has 4 aliphatic rings. The van der Waals surface area contributed by atoms with Gasteiger partial charge in [-0.05, 0) is 49.6 Å². The first-order chi connectivity index (χ1) is 13.7. The van der Waals surface area contributed by atoms with Crippen LogP contribution in [0.1, 0.15) is 31.2 Å². The number of likely N-dealkylation sites (tertiary alicyclic amines) is 1. The minimum Gasteiger partial charge on any atom is -0.395 e. The molecule has 0 spiro atoms. The summed E-state index contributed by atoms with van der Waals surface area (Å²) in [6, 6.07) is 12.0. The number of rotatable bonds is 4. The molecule has 2 bridgehead atoms. The van der Waals surface area contributed by atoms with Gasteiger partial charge in [-0.15, -0.1) is 0 Å². The number of nitrogens with zero attached hydrogens (tertiary/aromatic N) is 2. The van der Waals surface area contributed by atoms with Crippen LogP contribution in [0.4, 0.5) is 0 Å². The summed E-state index contributed by atoms with van der Waals surface area (Å²) in [5.74, 6) is 1.33. The molecule has 4 fully saturated rings. The molecule has 4 atom stereocenters. The lowest BCUT2D eigenvalue weighted by molar-refractivity contribution is -0.157. The van der Waals surface area contributed by atoms with Gasteiger partial charge in [0.15, 0.2) is 0 Å². The van der Waals surface area contributed by atoms with Crippen LogP contribution in [0.15, 0.2) is 30.3 Å². The lowest BCUT2D eigenvalue weighted by atomic mass is 9.70. The van der Waals surface area contributed by atoms with Gasteiger partial charge in [-0.25, -0.2) is 0 Å². The van der Waals surface area contributed by atoms with Gasteiger partial charge in [-0.1, -0.05) is 36.8 Å². The SMILES string of the molecule is O=C(N1C[C@H]2C[C@@H](C1)[C@H](Cc1ccccc1)N1CCCC[C@@H]21)C1(CO)CNC1. The van der Waals surface area contributed by atoms with Crippen LogP contribution in [-0.4, -0.2) is 72.2 Å². The predicted molar refractivity (Wildman–Crippen MR) is 109 cm³/mol. The lowest BCUT2D eigenvalue weighted by Gasteiger charge is -2.58. The number of hydrogen-bond donors (Lipinski definition) is 2. The lowest BCUT2D eigenvalue weighted by Crippen LogP contribution is -2.69. The van der Waals surface area contributed by atoms with E-state index >= 15 is 0 Å². The second kappa shape index (κ2) is 7.43. The highest BCUT2D eigenvalue weighted by atomic mass is 16.3. The third kappa shape index (κ3) is 3.08. The molecule has 1 aromatic carbocycles. The number of hydrogen-bond acceptors (Lipinski definition) is 4. The van der Waals surface area contributed by atoms with Gasteiger partial charge in [-0.2, -0.15) is 0 Å². The molecule has 5 heteroatoms. The van der Waals surface area contributed by atoms with Crippen LogP contribution in [0.2, 0.25) is 0 Å². The minimum atomic E-state index is -0.563. The van der Waals surface area contributed by atoms with Crippen molar-refractivity contribution >= 4 is 5.91 Å². The van der Waals surface area contributed by atoms with Crippen molar-refractivity contribution in [2.45, 2.75) is 44.2 Å². The second-order valence-electron chi connectivity index (χ2n) is 9.57. The van der Waals surface area contributed by atoms with Crippen LogP contribution in [0.25, 0.3) is 0 Å². The summed E-state index contributed by atoms with van der Waals surface area (Å²) < 4.78 is 0. The van der Waals surface area contributed by atoms with E-state index in [9.17, 15) is 9.90 Å². The first kappa shape index (κ1) is 18.6. The van der Waals surface area contributed by atoms with E-state index in [-0.39, 0.29) is 12.5 Å². The number of aliphatic hydroxyl groups excluding tert-OH is 1. The maximum absolute atomic E-state index is 13.3. The first-order valence-corrected chi connectivity index (χ1v) is 11.1. The van der Waals surface area contributed by atoms with E-state index in [1.54, 1.807) is 0 Å². The Bertz CT molecular complexity index is 700. The average Bonchev–Trinajstić information content (AvgIpc) is 2.71. The third-order valence-corrected chi connectivity index (χ3v) is 7.88. The van der Waals surface area contributed by atoms with Gasteiger partial charge in [0.05, 0.1) is 12.0 Å². The van der Waals surface area contributed by atoms with Crippen molar-refractivity contribution < 1.29 is 9.90 Å². The van der Waals surface area contributed by atoms with Crippen molar-refractivity contribution in [2.75, 3.05) is 39.3 Å². The molecule has 1 amide bonds. The zero-order valence-corrected chi connectivity index (χ0v) is 16.7. The molecule has 0 radical (unpaired) electrons. The van der Waals surface area contributed by atoms with Crippen molar-refractivity contribution in [3.8, 4) is 0 Å². The molecule has 0 aromatic heterocycles. The molecular formula is C23H33N3O2. The average molecular weight is 384 g/mol. The van der Waals surface area contributed by atoms with Crippen LogP contribution in [0, 0.1) is 17.3 Å². The van der Waals surface area contributed by atoms with Gasteiger partial charge in [0.2, 0.25) is 5.91 Å². The fraction of sp³-hybridized carbons (Fsp3) is 0.696. The Morgan fingerprint density at radius 2 is 1.93 bits per heavy atom. The second-order valence-corrected chi connectivity index (χ2v) is 9.57. The fourth-order valence-corrected chi connectivity index (χ4v) is 6.30.